The van der Waals surface area contributed by atoms with Gasteiger partial charge in [-0.15, -0.1) is 0 Å². The Morgan fingerprint density at radius 2 is 2.04 bits per heavy atom. The number of benzene rings is 1. The molecule has 1 amide bonds. The third kappa shape index (κ3) is 6.37. The molecule has 1 aromatic heterocycles. The Balaban J connectivity index is 1.84. The predicted octanol–water partition coefficient (Wildman–Crippen LogP) is 3.75. The Labute approximate surface area is 151 Å². The molecule has 0 aliphatic heterocycles. The van der Waals surface area contributed by atoms with E-state index in [9.17, 15) is 4.79 Å². The van der Waals surface area contributed by atoms with Gasteiger partial charge in [-0.2, -0.15) is 0 Å². The second-order valence-electron chi connectivity index (χ2n) is 5.39. The normalized spacial score (nSPS) is 11.8. The zero-order chi connectivity index (χ0) is 17.4. The lowest BCUT2D eigenvalue weighted by molar-refractivity contribution is -0.119. The van der Waals surface area contributed by atoms with Gasteiger partial charge >= 0.3 is 0 Å². The van der Waals surface area contributed by atoms with Crippen LogP contribution in [0.15, 0.2) is 41.7 Å². The topological polar surface area (TPSA) is 66.9 Å². The van der Waals surface area contributed by atoms with Gasteiger partial charge < -0.3 is 10.6 Å². The van der Waals surface area contributed by atoms with Gasteiger partial charge in [-0.1, -0.05) is 42.4 Å². The fraction of sp³-hybridized carbons (Fsp3) is 0.353. The average molecular weight is 365 g/mol. The molecule has 0 radical (unpaired) electrons. The van der Waals surface area contributed by atoms with E-state index in [0.29, 0.717) is 12.3 Å². The second-order valence-corrected chi connectivity index (χ2v) is 6.82. The minimum Gasteiger partial charge on any atom is -0.366 e. The Hall–Kier alpha value is -1.79. The fourth-order valence-electron chi connectivity index (χ4n) is 1.87. The van der Waals surface area contributed by atoms with E-state index in [-0.39, 0.29) is 11.9 Å². The van der Waals surface area contributed by atoms with Crippen molar-refractivity contribution in [3.05, 3.63) is 47.2 Å². The van der Waals surface area contributed by atoms with E-state index >= 15 is 0 Å². The van der Waals surface area contributed by atoms with E-state index in [0.717, 1.165) is 27.9 Å². The van der Waals surface area contributed by atoms with Gasteiger partial charge in [-0.05, 0) is 31.0 Å². The molecule has 0 fully saturated rings. The van der Waals surface area contributed by atoms with E-state index in [4.69, 9.17) is 11.6 Å². The summed E-state index contributed by atoms with van der Waals surface area (Å²) >= 11 is 7.27. The molecular weight excluding hydrogens is 344 g/mol. The number of hydrogen-bond donors (Lipinski definition) is 2. The van der Waals surface area contributed by atoms with Crippen LogP contribution in [0.25, 0.3) is 0 Å². The third-order valence-electron chi connectivity index (χ3n) is 3.40. The lowest BCUT2D eigenvalue weighted by Crippen LogP contribution is -2.33. The van der Waals surface area contributed by atoms with Gasteiger partial charge in [0.2, 0.25) is 5.91 Å². The number of halogens is 1. The van der Waals surface area contributed by atoms with Crippen molar-refractivity contribution in [1.29, 1.82) is 0 Å². The number of hydrogen-bond acceptors (Lipinski definition) is 5. The molecule has 128 valence electrons. The first kappa shape index (κ1) is 18.5. The molecule has 5 nitrogen and oxygen atoms in total. The van der Waals surface area contributed by atoms with Crippen molar-refractivity contribution < 1.29 is 4.79 Å². The van der Waals surface area contributed by atoms with Crippen LogP contribution in [0, 0.1) is 0 Å². The summed E-state index contributed by atoms with van der Waals surface area (Å²) in [5.74, 6) is 1.09. The number of rotatable bonds is 8. The Morgan fingerprint density at radius 1 is 1.29 bits per heavy atom. The Kier molecular flexibility index (Phi) is 7.34. The number of amides is 1. The molecule has 2 aromatic rings. The van der Waals surface area contributed by atoms with E-state index in [1.54, 1.807) is 0 Å². The lowest BCUT2D eigenvalue weighted by Gasteiger charge is -2.11. The van der Waals surface area contributed by atoms with Crippen molar-refractivity contribution in [3.63, 3.8) is 0 Å². The first-order valence-corrected chi connectivity index (χ1v) is 9.15. The van der Waals surface area contributed by atoms with E-state index in [2.05, 4.69) is 20.6 Å². The molecule has 1 atom stereocenters. The summed E-state index contributed by atoms with van der Waals surface area (Å²) in [6, 6.07) is 9.68. The Bertz CT molecular complexity index is 666. The van der Waals surface area contributed by atoms with Crippen LogP contribution < -0.4 is 10.6 Å². The molecule has 2 rings (SSSR count). The van der Waals surface area contributed by atoms with Gasteiger partial charge in [-0.3, -0.25) is 4.79 Å². The maximum absolute atomic E-state index is 11.8. The maximum Gasteiger partial charge on any atom is 0.230 e. The molecule has 0 unspecified atom stereocenters. The maximum atomic E-state index is 11.8. The van der Waals surface area contributed by atoms with E-state index in [1.165, 1.54) is 18.1 Å². The van der Waals surface area contributed by atoms with Crippen molar-refractivity contribution >= 4 is 35.1 Å². The van der Waals surface area contributed by atoms with Crippen molar-refractivity contribution in [1.82, 2.24) is 15.3 Å². The number of anilines is 1. The van der Waals surface area contributed by atoms with Crippen molar-refractivity contribution in [3.8, 4) is 0 Å². The molecule has 2 N–H and O–H groups in total. The number of carbonyl (C=O) groups is 1. The van der Waals surface area contributed by atoms with Gasteiger partial charge in [0, 0.05) is 23.7 Å². The van der Waals surface area contributed by atoms with Crippen LogP contribution in [0.1, 0.15) is 25.8 Å². The van der Waals surface area contributed by atoms with Crippen LogP contribution in [-0.2, 0) is 11.3 Å². The number of nitrogens with one attached hydrogen (secondary N) is 2. The summed E-state index contributed by atoms with van der Waals surface area (Å²) in [4.78, 5) is 20.2. The SMILES string of the molecule is CC[C@H](C)NC(=O)CSc1cc(NCc2ccc(Cl)cc2)ncn1. The highest BCUT2D eigenvalue weighted by Crippen LogP contribution is 2.18. The number of thioether (sulfide) groups is 1. The minimum absolute atomic E-state index is 0.0173. The van der Waals surface area contributed by atoms with Crippen LogP contribution in [0.4, 0.5) is 5.82 Å². The Morgan fingerprint density at radius 3 is 2.75 bits per heavy atom. The molecule has 7 heteroatoms. The smallest absolute Gasteiger partial charge is 0.230 e. The van der Waals surface area contributed by atoms with Crippen molar-refractivity contribution in [2.45, 2.75) is 37.9 Å². The molecule has 0 bridgehead atoms. The van der Waals surface area contributed by atoms with Crippen molar-refractivity contribution in [2.75, 3.05) is 11.1 Å². The van der Waals surface area contributed by atoms with Crippen LogP contribution >= 0.6 is 23.4 Å². The molecule has 0 saturated carbocycles. The fourth-order valence-corrected chi connectivity index (χ4v) is 2.67. The first-order chi connectivity index (χ1) is 11.6. The average Bonchev–Trinajstić information content (AvgIpc) is 2.60. The summed E-state index contributed by atoms with van der Waals surface area (Å²) in [5.41, 5.74) is 1.11. The second kappa shape index (κ2) is 9.49. The number of carbonyl (C=O) groups excluding carboxylic acids is 1. The number of aromatic nitrogens is 2. The monoisotopic (exact) mass is 364 g/mol. The molecular formula is C17H21ClN4OS. The first-order valence-electron chi connectivity index (χ1n) is 7.79. The molecule has 0 aliphatic rings. The van der Waals surface area contributed by atoms with Gasteiger partial charge in [0.1, 0.15) is 17.2 Å². The largest absolute Gasteiger partial charge is 0.366 e. The van der Waals surface area contributed by atoms with Crippen LogP contribution in [-0.4, -0.2) is 27.7 Å². The number of nitrogens with zero attached hydrogens (tertiary/aromatic N) is 2. The minimum atomic E-state index is 0.0173. The molecule has 0 aliphatic carbocycles. The van der Waals surface area contributed by atoms with Crippen LogP contribution in [0.2, 0.25) is 5.02 Å². The van der Waals surface area contributed by atoms with Gasteiger partial charge in [0.05, 0.1) is 5.75 Å². The summed E-state index contributed by atoms with van der Waals surface area (Å²) in [6.07, 6.45) is 2.42. The summed E-state index contributed by atoms with van der Waals surface area (Å²) in [6.45, 7) is 4.68. The van der Waals surface area contributed by atoms with Crippen LogP contribution in [0.3, 0.4) is 0 Å². The van der Waals surface area contributed by atoms with E-state index < -0.39 is 0 Å². The highest BCUT2D eigenvalue weighted by atomic mass is 35.5. The van der Waals surface area contributed by atoms with Crippen LogP contribution in [0.5, 0.6) is 0 Å². The van der Waals surface area contributed by atoms with Gasteiger partial charge in [-0.25, -0.2) is 9.97 Å². The van der Waals surface area contributed by atoms with Gasteiger partial charge in [0.25, 0.3) is 0 Å². The summed E-state index contributed by atoms with van der Waals surface area (Å²) in [5, 5.41) is 7.66. The molecule has 1 heterocycles. The molecule has 1 aromatic carbocycles. The zero-order valence-electron chi connectivity index (χ0n) is 13.8. The standard InChI is InChI=1S/C17H21ClN4OS/c1-3-12(2)22-16(23)10-24-17-8-15(20-11-21-17)19-9-13-4-6-14(18)7-5-13/h4-8,11-12H,3,9-10H2,1-2H3,(H,22,23)(H,19,20,21)/t12-/m0/s1. The molecule has 0 saturated heterocycles. The van der Waals surface area contributed by atoms with E-state index in [1.807, 2.05) is 44.2 Å². The zero-order valence-corrected chi connectivity index (χ0v) is 15.3. The molecule has 24 heavy (non-hydrogen) atoms. The highest BCUT2D eigenvalue weighted by molar-refractivity contribution is 7.99. The van der Waals surface area contributed by atoms with Crippen molar-refractivity contribution in [2.24, 2.45) is 0 Å². The third-order valence-corrected chi connectivity index (χ3v) is 4.58. The quantitative estimate of drug-likeness (QED) is 0.551. The van der Waals surface area contributed by atoms with Gasteiger partial charge in [0.15, 0.2) is 0 Å². The summed E-state index contributed by atoms with van der Waals surface area (Å²) in [7, 11) is 0. The lowest BCUT2D eigenvalue weighted by atomic mass is 10.2. The highest BCUT2D eigenvalue weighted by Gasteiger charge is 2.07. The molecule has 0 spiro atoms. The summed E-state index contributed by atoms with van der Waals surface area (Å²) < 4.78 is 0. The predicted molar refractivity (Wildman–Crippen MR) is 99.4 cm³/mol.